The molecule has 0 aliphatic carbocycles. The third kappa shape index (κ3) is 3.52. The highest BCUT2D eigenvalue weighted by Gasteiger charge is 2.16. The molecule has 0 bridgehead atoms. The van der Waals surface area contributed by atoms with Crippen molar-refractivity contribution in [2.24, 2.45) is 5.73 Å². The van der Waals surface area contributed by atoms with Crippen molar-refractivity contribution >= 4 is 17.5 Å². The average molecular weight is 285 g/mol. The van der Waals surface area contributed by atoms with Crippen molar-refractivity contribution in [1.29, 1.82) is 0 Å². The predicted molar refractivity (Wildman–Crippen MR) is 72.6 cm³/mol. The molecule has 0 saturated carbocycles. The molecule has 1 aliphatic rings. The topological polar surface area (TPSA) is 73.6 Å². The van der Waals surface area contributed by atoms with Crippen LogP contribution in [0, 0.1) is 0 Å². The summed E-state index contributed by atoms with van der Waals surface area (Å²) in [5.41, 5.74) is 6.33. The number of carbonyl (C=O) groups excluding carboxylic acids is 1. The van der Waals surface area contributed by atoms with Crippen LogP contribution in [0.15, 0.2) is 12.1 Å². The summed E-state index contributed by atoms with van der Waals surface area (Å²) in [6.45, 7) is 3.18. The average Bonchev–Trinajstić information content (AvgIpc) is 2.61. The Kier molecular flexibility index (Phi) is 4.50. The maximum Gasteiger partial charge on any atom is 0.236 e. The molecule has 1 aromatic rings. The highest BCUT2D eigenvalue weighted by Crippen LogP contribution is 2.37. The number of benzene rings is 1. The van der Waals surface area contributed by atoms with E-state index in [-0.39, 0.29) is 5.91 Å². The van der Waals surface area contributed by atoms with Gasteiger partial charge < -0.3 is 20.5 Å². The van der Waals surface area contributed by atoms with E-state index in [4.69, 9.17) is 26.8 Å². The molecule has 0 unspecified atom stereocenters. The van der Waals surface area contributed by atoms with Crippen LogP contribution in [0.1, 0.15) is 18.9 Å². The summed E-state index contributed by atoms with van der Waals surface area (Å²) in [7, 11) is 0. The molecule has 5 nitrogen and oxygen atoms in total. The molecule has 1 atom stereocenters. The molecule has 1 heterocycles. The van der Waals surface area contributed by atoms with E-state index in [9.17, 15) is 4.79 Å². The molecule has 0 fully saturated rings. The third-order valence-electron chi connectivity index (χ3n) is 2.74. The minimum absolute atomic E-state index is 0.205. The smallest absolute Gasteiger partial charge is 0.236 e. The maximum atomic E-state index is 11.4. The lowest BCUT2D eigenvalue weighted by Gasteiger charge is -2.12. The number of rotatable bonds is 3. The van der Waals surface area contributed by atoms with E-state index in [0.29, 0.717) is 36.3 Å². The van der Waals surface area contributed by atoms with E-state index in [0.717, 1.165) is 12.0 Å². The van der Waals surface area contributed by atoms with Crippen molar-refractivity contribution in [2.75, 3.05) is 13.2 Å². The first-order valence-corrected chi connectivity index (χ1v) is 6.57. The Bertz CT molecular complexity index is 477. The number of carbonyl (C=O) groups is 1. The summed E-state index contributed by atoms with van der Waals surface area (Å²) in [5, 5.41) is 3.22. The quantitative estimate of drug-likeness (QED) is 0.881. The first-order chi connectivity index (χ1) is 9.08. The minimum atomic E-state index is -0.532. The SMILES string of the molecule is C[C@@H](N)C(=O)NCc1cc(Cl)c2c(c1)OCCCO2. The second-order valence-corrected chi connectivity index (χ2v) is 4.87. The molecule has 1 aliphatic heterocycles. The largest absolute Gasteiger partial charge is 0.489 e. The first-order valence-electron chi connectivity index (χ1n) is 6.19. The summed E-state index contributed by atoms with van der Waals surface area (Å²) in [6.07, 6.45) is 0.821. The molecule has 1 amide bonds. The number of hydrogen-bond donors (Lipinski definition) is 2. The standard InChI is InChI=1S/C13H17ClN2O3/c1-8(15)13(17)16-7-9-5-10(14)12-11(6-9)18-3-2-4-19-12/h5-6,8H,2-4,7,15H2,1H3,(H,16,17)/t8-/m1/s1. The minimum Gasteiger partial charge on any atom is -0.489 e. The fourth-order valence-electron chi connectivity index (χ4n) is 1.74. The zero-order chi connectivity index (χ0) is 13.8. The Morgan fingerprint density at radius 2 is 2.21 bits per heavy atom. The molecular formula is C13H17ClN2O3. The summed E-state index contributed by atoms with van der Waals surface area (Å²) in [6, 6.07) is 3.06. The first kappa shape index (κ1) is 14.0. The van der Waals surface area contributed by atoms with Crippen LogP contribution in [-0.2, 0) is 11.3 Å². The van der Waals surface area contributed by atoms with Gasteiger partial charge in [0.2, 0.25) is 5.91 Å². The number of halogens is 1. The van der Waals surface area contributed by atoms with E-state index in [1.165, 1.54) is 0 Å². The fourth-order valence-corrected chi connectivity index (χ4v) is 2.02. The van der Waals surface area contributed by atoms with Gasteiger partial charge in [0.1, 0.15) is 0 Å². The Balaban J connectivity index is 2.12. The molecule has 3 N–H and O–H groups in total. The molecule has 0 saturated heterocycles. The fraction of sp³-hybridized carbons (Fsp3) is 0.462. The van der Waals surface area contributed by atoms with E-state index in [1.54, 1.807) is 13.0 Å². The van der Waals surface area contributed by atoms with Crippen molar-refractivity contribution in [1.82, 2.24) is 5.32 Å². The van der Waals surface area contributed by atoms with Gasteiger partial charge >= 0.3 is 0 Å². The van der Waals surface area contributed by atoms with Crippen LogP contribution in [-0.4, -0.2) is 25.2 Å². The van der Waals surface area contributed by atoms with Crippen LogP contribution in [0.5, 0.6) is 11.5 Å². The number of nitrogens with one attached hydrogen (secondary N) is 1. The summed E-state index contributed by atoms with van der Waals surface area (Å²) >= 11 is 6.16. The monoisotopic (exact) mass is 284 g/mol. The van der Waals surface area contributed by atoms with Crippen LogP contribution in [0.2, 0.25) is 5.02 Å². The number of fused-ring (bicyclic) bond motifs is 1. The second-order valence-electron chi connectivity index (χ2n) is 4.46. The van der Waals surface area contributed by atoms with Crippen LogP contribution >= 0.6 is 11.6 Å². The van der Waals surface area contributed by atoms with Gasteiger partial charge in [-0.1, -0.05) is 11.6 Å². The summed E-state index contributed by atoms with van der Waals surface area (Å²) in [5.74, 6) is 0.986. The van der Waals surface area contributed by atoms with Gasteiger partial charge in [-0.15, -0.1) is 0 Å². The van der Waals surface area contributed by atoms with E-state index >= 15 is 0 Å². The van der Waals surface area contributed by atoms with Crippen LogP contribution in [0.4, 0.5) is 0 Å². The van der Waals surface area contributed by atoms with Crippen molar-refractivity contribution in [2.45, 2.75) is 25.9 Å². The molecule has 1 aromatic carbocycles. The van der Waals surface area contributed by atoms with Gasteiger partial charge in [-0.25, -0.2) is 0 Å². The predicted octanol–water partition coefficient (Wildman–Crippen LogP) is 1.46. The van der Waals surface area contributed by atoms with E-state index in [1.807, 2.05) is 6.07 Å². The molecular weight excluding hydrogens is 268 g/mol. The maximum absolute atomic E-state index is 11.4. The Morgan fingerprint density at radius 1 is 1.47 bits per heavy atom. The van der Waals surface area contributed by atoms with Crippen molar-refractivity contribution < 1.29 is 14.3 Å². The molecule has 104 valence electrons. The lowest BCUT2D eigenvalue weighted by molar-refractivity contribution is -0.122. The number of nitrogens with two attached hydrogens (primary N) is 1. The molecule has 19 heavy (non-hydrogen) atoms. The second kappa shape index (κ2) is 6.12. The number of amides is 1. The van der Waals surface area contributed by atoms with Crippen LogP contribution < -0.4 is 20.5 Å². The highest BCUT2D eigenvalue weighted by atomic mass is 35.5. The molecule has 0 radical (unpaired) electrons. The van der Waals surface area contributed by atoms with Crippen molar-refractivity contribution in [3.05, 3.63) is 22.7 Å². The lowest BCUT2D eigenvalue weighted by Crippen LogP contribution is -2.37. The Morgan fingerprint density at radius 3 is 2.95 bits per heavy atom. The highest BCUT2D eigenvalue weighted by molar-refractivity contribution is 6.32. The van der Waals surface area contributed by atoms with Gasteiger partial charge in [-0.3, -0.25) is 4.79 Å². The summed E-state index contributed by atoms with van der Waals surface area (Å²) in [4.78, 5) is 11.4. The van der Waals surface area contributed by atoms with E-state index in [2.05, 4.69) is 5.32 Å². The lowest BCUT2D eigenvalue weighted by atomic mass is 10.2. The molecule has 2 rings (SSSR count). The van der Waals surface area contributed by atoms with E-state index < -0.39 is 6.04 Å². The third-order valence-corrected chi connectivity index (χ3v) is 3.02. The molecule has 0 aromatic heterocycles. The van der Waals surface area contributed by atoms with Gasteiger partial charge in [0.15, 0.2) is 11.5 Å². The molecule has 0 spiro atoms. The van der Waals surface area contributed by atoms with Gasteiger partial charge in [-0.2, -0.15) is 0 Å². The van der Waals surface area contributed by atoms with Gasteiger partial charge in [-0.05, 0) is 24.6 Å². The number of ether oxygens (including phenoxy) is 2. The van der Waals surface area contributed by atoms with Gasteiger partial charge in [0, 0.05) is 13.0 Å². The Hall–Kier alpha value is -1.46. The Labute approximate surface area is 117 Å². The van der Waals surface area contributed by atoms with Crippen LogP contribution in [0.25, 0.3) is 0 Å². The van der Waals surface area contributed by atoms with Crippen molar-refractivity contribution in [3.63, 3.8) is 0 Å². The van der Waals surface area contributed by atoms with Gasteiger partial charge in [0.25, 0.3) is 0 Å². The van der Waals surface area contributed by atoms with Gasteiger partial charge in [0.05, 0.1) is 24.3 Å². The number of hydrogen-bond acceptors (Lipinski definition) is 4. The summed E-state index contributed by atoms with van der Waals surface area (Å²) < 4.78 is 11.1. The normalized spacial score (nSPS) is 15.5. The van der Waals surface area contributed by atoms with Crippen molar-refractivity contribution in [3.8, 4) is 11.5 Å². The molecule has 6 heteroatoms. The zero-order valence-electron chi connectivity index (χ0n) is 10.7. The van der Waals surface area contributed by atoms with Crippen LogP contribution in [0.3, 0.4) is 0 Å². The zero-order valence-corrected chi connectivity index (χ0v) is 11.5.